The van der Waals surface area contributed by atoms with Gasteiger partial charge in [-0.3, -0.25) is 0 Å². The van der Waals surface area contributed by atoms with Crippen molar-refractivity contribution in [2.45, 2.75) is 44.0 Å². The van der Waals surface area contributed by atoms with E-state index in [-0.39, 0.29) is 5.79 Å². The Morgan fingerprint density at radius 2 is 2.25 bits per heavy atom. The quantitative estimate of drug-likeness (QED) is 0.582. The second kappa shape index (κ2) is 5.01. The molecule has 88 valence electrons. The van der Waals surface area contributed by atoms with Crippen LogP contribution in [0.2, 0.25) is 0 Å². The van der Waals surface area contributed by atoms with Crippen LogP contribution in [0.5, 0.6) is 0 Å². The summed E-state index contributed by atoms with van der Waals surface area (Å²) >= 11 is 0. The van der Waals surface area contributed by atoms with E-state index in [1.54, 1.807) is 0 Å². The molecule has 1 fully saturated rings. The van der Waals surface area contributed by atoms with E-state index >= 15 is 0 Å². The monoisotopic (exact) mass is 222 g/mol. The van der Waals surface area contributed by atoms with Gasteiger partial charge < -0.3 is 14.6 Å². The van der Waals surface area contributed by atoms with Crippen molar-refractivity contribution in [3.8, 4) is 12.3 Å². The van der Waals surface area contributed by atoms with E-state index < -0.39 is 6.10 Å². The molecule has 3 nitrogen and oxygen atoms in total. The second-order valence-corrected chi connectivity index (χ2v) is 4.40. The van der Waals surface area contributed by atoms with Crippen LogP contribution < -0.4 is 0 Å². The lowest BCUT2D eigenvalue weighted by molar-refractivity contribution is -0.161. The molecule has 1 heterocycles. The number of allylic oxidation sites excluding steroid dienone is 1. The van der Waals surface area contributed by atoms with Gasteiger partial charge >= 0.3 is 0 Å². The predicted molar refractivity (Wildman–Crippen MR) is 60.6 cm³/mol. The zero-order valence-corrected chi connectivity index (χ0v) is 9.45. The molecule has 2 aliphatic rings. The Morgan fingerprint density at radius 1 is 1.50 bits per heavy atom. The molecule has 1 unspecified atom stereocenters. The van der Waals surface area contributed by atoms with E-state index in [9.17, 15) is 5.11 Å². The van der Waals surface area contributed by atoms with Crippen LogP contribution in [0.25, 0.3) is 0 Å². The maximum absolute atomic E-state index is 9.28. The zero-order valence-electron chi connectivity index (χ0n) is 9.45. The van der Waals surface area contributed by atoms with Crippen LogP contribution in [-0.4, -0.2) is 30.2 Å². The fourth-order valence-electron chi connectivity index (χ4n) is 2.25. The lowest BCUT2D eigenvalue weighted by atomic mass is 9.91. The predicted octanol–water partition coefficient (Wildman–Crippen LogP) is 1.61. The Labute approximate surface area is 96.4 Å². The van der Waals surface area contributed by atoms with E-state index in [1.165, 1.54) is 5.57 Å². The number of terminal acetylenes is 1. The molecule has 1 spiro atoms. The smallest absolute Gasteiger partial charge is 0.172 e. The van der Waals surface area contributed by atoms with Crippen LogP contribution in [-0.2, 0) is 9.47 Å². The van der Waals surface area contributed by atoms with Crippen LogP contribution in [0, 0.1) is 12.3 Å². The maximum atomic E-state index is 9.28. The molecule has 0 aromatic carbocycles. The van der Waals surface area contributed by atoms with Gasteiger partial charge in [0.1, 0.15) is 6.10 Å². The highest BCUT2D eigenvalue weighted by Gasteiger charge is 2.37. The highest BCUT2D eigenvalue weighted by molar-refractivity contribution is 5.10. The molecular formula is C13H18O3. The topological polar surface area (TPSA) is 38.7 Å². The highest BCUT2D eigenvalue weighted by Crippen LogP contribution is 2.36. The normalized spacial score (nSPS) is 25.1. The largest absolute Gasteiger partial charge is 0.380 e. The van der Waals surface area contributed by atoms with Crippen molar-refractivity contribution in [2.24, 2.45) is 0 Å². The van der Waals surface area contributed by atoms with E-state index in [0.717, 1.165) is 25.7 Å². The van der Waals surface area contributed by atoms with E-state index in [2.05, 4.69) is 12.0 Å². The molecule has 16 heavy (non-hydrogen) atoms. The minimum atomic E-state index is -0.615. The van der Waals surface area contributed by atoms with Gasteiger partial charge in [-0.25, -0.2) is 0 Å². The van der Waals surface area contributed by atoms with Crippen molar-refractivity contribution in [3.05, 3.63) is 11.6 Å². The molecule has 0 radical (unpaired) electrons. The first-order valence-electron chi connectivity index (χ1n) is 5.84. The summed E-state index contributed by atoms with van der Waals surface area (Å²) in [4.78, 5) is 0. The van der Waals surface area contributed by atoms with Gasteiger partial charge in [0.15, 0.2) is 5.79 Å². The highest BCUT2D eigenvalue weighted by atomic mass is 16.7. The molecule has 0 amide bonds. The van der Waals surface area contributed by atoms with Crippen molar-refractivity contribution >= 4 is 0 Å². The van der Waals surface area contributed by atoms with Crippen LogP contribution in [0.3, 0.4) is 0 Å². The number of hydrogen-bond donors (Lipinski definition) is 1. The summed E-state index contributed by atoms with van der Waals surface area (Å²) in [7, 11) is 0. The third-order valence-corrected chi connectivity index (χ3v) is 3.27. The van der Waals surface area contributed by atoms with E-state index in [4.69, 9.17) is 15.9 Å². The molecular weight excluding hydrogens is 204 g/mol. The molecule has 2 rings (SSSR count). The minimum Gasteiger partial charge on any atom is -0.380 e. The average molecular weight is 222 g/mol. The van der Waals surface area contributed by atoms with E-state index in [1.807, 2.05) is 0 Å². The van der Waals surface area contributed by atoms with Crippen molar-refractivity contribution in [1.82, 2.24) is 0 Å². The van der Waals surface area contributed by atoms with Crippen LogP contribution in [0.15, 0.2) is 11.6 Å². The molecule has 1 aliphatic carbocycles. The summed E-state index contributed by atoms with van der Waals surface area (Å²) in [6.07, 6.45) is 10.9. The van der Waals surface area contributed by atoms with Crippen LogP contribution in [0.4, 0.5) is 0 Å². The van der Waals surface area contributed by atoms with Gasteiger partial charge in [-0.1, -0.05) is 17.6 Å². The standard InChI is InChI=1S/C13H18O3/c1-2-12(14)4-3-11-5-7-13(8-6-11)15-9-10-16-13/h1,5,12,14H,3-4,6-10H2. The maximum Gasteiger partial charge on any atom is 0.172 e. The molecule has 0 aromatic rings. The van der Waals surface area contributed by atoms with Crippen LogP contribution in [0.1, 0.15) is 32.1 Å². The zero-order chi connectivity index (χ0) is 11.4. The first kappa shape index (κ1) is 11.7. The SMILES string of the molecule is C#CC(O)CCC1=CCC2(CC1)OCCO2. The Kier molecular flexibility index (Phi) is 3.65. The second-order valence-electron chi connectivity index (χ2n) is 4.40. The summed E-state index contributed by atoms with van der Waals surface area (Å²) in [6.45, 7) is 1.41. The fourth-order valence-corrected chi connectivity index (χ4v) is 2.25. The van der Waals surface area contributed by atoms with Gasteiger partial charge in [0, 0.05) is 12.8 Å². The first-order chi connectivity index (χ1) is 7.74. The molecule has 1 atom stereocenters. The lowest BCUT2D eigenvalue weighted by Gasteiger charge is -2.30. The number of aliphatic hydroxyl groups is 1. The number of ether oxygens (including phenoxy) is 2. The van der Waals surface area contributed by atoms with Crippen molar-refractivity contribution in [1.29, 1.82) is 0 Å². The van der Waals surface area contributed by atoms with Gasteiger partial charge in [-0.15, -0.1) is 6.42 Å². The summed E-state index contributed by atoms with van der Waals surface area (Å²) in [5.74, 6) is 1.99. The summed E-state index contributed by atoms with van der Waals surface area (Å²) < 4.78 is 11.3. The first-order valence-corrected chi connectivity index (χ1v) is 5.84. The third-order valence-electron chi connectivity index (χ3n) is 3.27. The fraction of sp³-hybridized carbons (Fsp3) is 0.692. The van der Waals surface area contributed by atoms with Gasteiger partial charge in [-0.2, -0.15) is 0 Å². The molecule has 3 heteroatoms. The Bertz CT molecular complexity index is 308. The van der Waals surface area contributed by atoms with Crippen molar-refractivity contribution < 1.29 is 14.6 Å². The Hall–Kier alpha value is -0.820. The number of hydrogen-bond acceptors (Lipinski definition) is 3. The van der Waals surface area contributed by atoms with Crippen molar-refractivity contribution in [3.63, 3.8) is 0 Å². The van der Waals surface area contributed by atoms with Gasteiger partial charge in [0.05, 0.1) is 13.2 Å². The lowest BCUT2D eigenvalue weighted by Crippen LogP contribution is -2.31. The number of aliphatic hydroxyl groups excluding tert-OH is 1. The molecule has 0 bridgehead atoms. The van der Waals surface area contributed by atoms with Gasteiger partial charge in [-0.05, 0) is 19.3 Å². The minimum absolute atomic E-state index is 0.339. The van der Waals surface area contributed by atoms with Crippen LogP contribution >= 0.6 is 0 Å². The number of rotatable bonds is 3. The summed E-state index contributed by atoms with van der Waals surface area (Å²) in [6, 6.07) is 0. The third kappa shape index (κ3) is 2.65. The average Bonchev–Trinajstić information content (AvgIpc) is 2.77. The Balaban J connectivity index is 1.82. The Morgan fingerprint density at radius 3 is 2.81 bits per heavy atom. The molecule has 1 saturated heterocycles. The van der Waals surface area contributed by atoms with Gasteiger partial charge in [0.2, 0.25) is 0 Å². The molecule has 0 saturated carbocycles. The molecule has 1 aliphatic heterocycles. The van der Waals surface area contributed by atoms with E-state index in [0.29, 0.717) is 19.6 Å². The van der Waals surface area contributed by atoms with Gasteiger partial charge in [0.25, 0.3) is 0 Å². The molecule has 0 aromatic heterocycles. The summed E-state index contributed by atoms with van der Waals surface area (Å²) in [5.41, 5.74) is 1.36. The molecule has 1 N–H and O–H groups in total. The van der Waals surface area contributed by atoms with Crippen molar-refractivity contribution in [2.75, 3.05) is 13.2 Å². The summed E-state index contributed by atoms with van der Waals surface area (Å²) in [5, 5.41) is 9.28.